The minimum Gasteiger partial charge on any atom is -0.759 e. The molecule has 0 aliphatic rings. The van der Waals surface area contributed by atoms with Gasteiger partial charge in [0, 0.05) is 10.4 Å². The van der Waals surface area contributed by atoms with Crippen LogP contribution in [-0.4, -0.2) is 71.6 Å². The third-order valence-corrected chi connectivity index (χ3v) is 0. The maximum absolute atomic E-state index is 8.52. The summed E-state index contributed by atoms with van der Waals surface area (Å²) in [7, 11) is -5.17. The predicted octanol–water partition coefficient (Wildman–Crippen LogP) is -8.29. The molecular formula is H17CuNO15S. The van der Waals surface area contributed by atoms with Gasteiger partial charge in [0.25, 0.3) is 5.09 Å². The van der Waals surface area contributed by atoms with Gasteiger partial charge in [0.05, 0.1) is 0 Å². The van der Waals surface area contributed by atoms with Crippen molar-refractivity contribution in [2.45, 2.75) is 0 Å². The predicted molar refractivity (Wildman–Crippen MR) is 48.2 cm³/mol. The molecule has 0 saturated carbocycles. The first kappa shape index (κ1) is 116. The Labute approximate surface area is 110 Å². The summed E-state index contributed by atoms with van der Waals surface area (Å²) in [6.07, 6.45) is 0. The zero-order valence-corrected chi connectivity index (χ0v) is 9.81. The summed E-state index contributed by atoms with van der Waals surface area (Å²) in [6.45, 7) is 0. The van der Waals surface area contributed by atoms with Crippen molar-refractivity contribution in [1.29, 1.82) is 0 Å². The Bertz CT molecular complexity index is 159. The quantitative estimate of drug-likeness (QED) is 0.141. The van der Waals surface area contributed by atoms with Crippen LogP contribution in [0.5, 0.6) is 0 Å². The molecule has 0 amide bonds. The van der Waals surface area contributed by atoms with Crippen LogP contribution in [0, 0.1) is 10.1 Å². The molecule has 0 atom stereocenters. The largest absolute Gasteiger partial charge is 2.00 e. The van der Waals surface area contributed by atoms with Gasteiger partial charge in [-0.25, -0.2) is 0 Å². The van der Waals surface area contributed by atoms with Crippen LogP contribution in [0.3, 0.4) is 0 Å². The molecule has 18 heteroatoms. The Morgan fingerprint density at radius 1 is 0.778 bits per heavy atom. The van der Waals surface area contributed by atoms with Gasteiger partial charge in [-0.1, -0.05) is 0 Å². The number of rotatable bonds is 0. The summed E-state index contributed by atoms with van der Waals surface area (Å²) in [4.78, 5) is 8.36. The van der Waals surface area contributed by atoms with Crippen LogP contribution in [0.15, 0.2) is 0 Å². The Morgan fingerprint density at radius 3 is 0.778 bits per heavy atom. The average molecular weight is 367 g/mol. The topological polar surface area (TPSA) is 396 Å². The van der Waals surface area contributed by atoms with Crippen molar-refractivity contribution < 1.29 is 88.7 Å². The van der Waals surface area contributed by atoms with Crippen molar-refractivity contribution in [1.82, 2.24) is 0 Å². The standard InChI is InChI=1S/Cu.HNO3.H2O4S.8H2O/c;2-1(3)4;1-5(2,3)4;;;;;;;;/h;(H,2,3,4);(H2,1,2,3,4);8*1H2/q+2;;;;;;;;;;/p-2. The molecule has 0 saturated heterocycles. The molecule has 0 aliphatic carbocycles. The second kappa shape index (κ2) is 55.5. The minimum atomic E-state index is -5.17. The van der Waals surface area contributed by atoms with Crippen LogP contribution in [0.2, 0.25) is 0 Å². The first-order valence-electron chi connectivity index (χ1n) is 1.23. The Kier molecular flexibility index (Phi) is 358. The summed E-state index contributed by atoms with van der Waals surface area (Å²) in [5.74, 6) is 0. The molecule has 0 spiro atoms. The van der Waals surface area contributed by atoms with Gasteiger partial charge in [-0.05, 0) is 0 Å². The molecule has 0 aromatic carbocycles. The normalized spacial score (nSPS) is 4.56. The molecule has 1 radical (unpaired) electrons. The SMILES string of the molecule is O.O.O.O.O.O.O.O.O=S(=O)([O-])[O-].O=[N+]([O-])O.[Cu+2]. The Balaban J connectivity index is -0.00000000406. The van der Waals surface area contributed by atoms with Crippen LogP contribution in [-0.2, 0) is 27.5 Å². The van der Waals surface area contributed by atoms with Crippen molar-refractivity contribution >= 4 is 10.4 Å². The van der Waals surface area contributed by atoms with Crippen molar-refractivity contribution in [2.24, 2.45) is 0 Å². The molecular weight excluding hydrogens is 350 g/mol. The molecule has 0 unspecified atom stereocenters. The van der Waals surface area contributed by atoms with E-state index in [1.807, 2.05) is 0 Å². The van der Waals surface area contributed by atoms with Crippen LogP contribution < -0.4 is 0 Å². The van der Waals surface area contributed by atoms with Gasteiger partial charge in [-0.3, -0.25) is 8.42 Å². The van der Waals surface area contributed by atoms with Crippen LogP contribution in [0.1, 0.15) is 0 Å². The zero-order chi connectivity index (χ0) is 8.08. The van der Waals surface area contributed by atoms with Gasteiger partial charge < -0.3 is 58.1 Å². The Morgan fingerprint density at radius 2 is 0.778 bits per heavy atom. The maximum Gasteiger partial charge on any atom is 2.00 e. The number of nitrogens with zero attached hydrogens (tertiary/aromatic N) is 1. The third-order valence-electron chi connectivity index (χ3n) is 0. The van der Waals surface area contributed by atoms with E-state index < -0.39 is 15.5 Å². The van der Waals surface area contributed by atoms with E-state index in [0.717, 1.165) is 0 Å². The van der Waals surface area contributed by atoms with Crippen molar-refractivity contribution in [3.63, 3.8) is 0 Å². The van der Waals surface area contributed by atoms with E-state index in [1.165, 1.54) is 0 Å². The number of hydrogen-bond donors (Lipinski definition) is 1. The van der Waals surface area contributed by atoms with E-state index >= 15 is 0 Å². The zero-order valence-electron chi connectivity index (χ0n) is 8.05. The molecule has 16 nitrogen and oxygen atoms in total. The molecule has 0 fully saturated rings. The molecule has 0 aromatic rings. The summed E-state index contributed by atoms with van der Waals surface area (Å²) < 4.78 is 34.1. The van der Waals surface area contributed by atoms with Crippen molar-refractivity contribution in [3.05, 3.63) is 10.1 Å². The monoisotopic (exact) mass is 366 g/mol. The van der Waals surface area contributed by atoms with Crippen molar-refractivity contribution in [2.75, 3.05) is 0 Å². The van der Waals surface area contributed by atoms with E-state index in [9.17, 15) is 0 Å². The van der Waals surface area contributed by atoms with Gasteiger partial charge in [0.15, 0.2) is 0 Å². The molecule has 0 aliphatic heterocycles. The summed E-state index contributed by atoms with van der Waals surface area (Å²) in [5, 5.41) is 13.6. The van der Waals surface area contributed by atoms with Gasteiger partial charge >= 0.3 is 17.1 Å². The van der Waals surface area contributed by atoms with Gasteiger partial charge in [0.2, 0.25) is 0 Å². The molecule has 129 valence electrons. The summed E-state index contributed by atoms with van der Waals surface area (Å²) >= 11 is 0. The second-order valence-electron chi connectivity index (χ2n) is 0.646. The van der Waals surface area contributed by atoms with Crippen LogP contribution in [0.4, 0.5) is 0 Å². The fourth-order valence-electron chi connectivity index (χ4n) is 0. The van der Waals surface area contributed by atoms with E-state index in [-0.39, 0.29) is 60.9 Å². The fraction of sp³-hybridized carbons (Fsp3) is 0. The molecule has 0 rings (SSSR count). The van der Waals surface area contributed by atoms with E-state index in [2.05, 4.69) is 0 Å². The van der Waals surface area contributed by atoms with E-state index in [0.29, 0.717) is 0 Å². The summed E-state index contributed by atoms with van der Waals surface area (Å²) in [5.41, 5.74) is 0. The Hall–Kier alpha value is -0.731. The van der Waals surface area contributed by atoms with Gasteiger partial charge in [-0.15, -0.1) is 10.1 Å². The van der Waals surface area contributed by atoms with E-state index in [1.54, 1.807) is 0 Å². The first-order chi connectivity index (χ1) is 3.73. The molecule has 0 heterocycles. The molecule has 0 bridgehead atoms. The smallest absolute Gasteiger partial charge is 0.759 e. The maximum atomic E-state index is 8.52. The fourth-order valence-corrected chi connectivity index (χ4v) is 0. The second-order valence-corrected chi connectivity index (χ2v) is 1.46. The minimum absolute atomic E-state index is 0. The third kappa shape index (κ3) is 5830. The molecule has 18 heavy (non-hydrogen) atoms. The van der Waals surface area contributed by atoms with Crippen LogP contribution in [0.25, 0.3) is 0 Å². The number of hydrogen-bond acceptors (Lipinski definition) is 6. The van der Waals surface area contributed by atoms with Gasteiger partial charge in [0.1, 0.15) is 0 Å². The van der Waals surface area contributed by atoms with E-state index in [4.69, 9.17) is 32.8 Å². The molecule has 17 N–H and O–H groups in total. The first-order valence-corrected chi connectivity index (χ1v) is 2.57. The average Bonchev–Trinajstić information content (AvgIpc) is 1.19. The van der Waals surface area contributed by atoms with Gasteiger partial charge in [-0.2, -0.15) is 0 Å². The van der Waals surface area contributed by atoms with Crippen molar-refractivity contribution in [3.8, 4) is 0 Å². The summed E-state index contributed by atoms with van der Waals surface area (Å²) in [6, 6.07) is 0. The van der Waals surface area contributed by atoms with Crippen LogP contribution >= 0.6 is 0 Å². The molecule has 0 aromatic heterocycles.